The van der Waals surface area contributed by atoms with Gasteiger partial charge in [0, 0.05) is 43.3 Å². The van der Waals surface area contributed by atoms with Crippen LogP contribution in [0, 0.1) is 11.3 Å². The van der Waals surface area contributed by atoms with E-state index >= 15 is 0 Å². The molecule has 1 aromatic carbocycles. The number of nitrogens with one attached hydrogen (secondary N) is 2. The lowest BCUT2D eigenvalue weighted by Crippen LogP contribution is -2.33. The molecule has 0 saturated carbocycles. The normalized spacial score (nSPS) is 14.8. The number of amides is 1. The van der Waals surface area contributed by atoms with Crippen LogP contribution in [0.2, 0.25) is 0 Å². The van der Waals surface area contributed by atoms with Crippen molar-refractivity contribution in [1.82, 2.24) is 15.3 Å². The van der Waals surface area contributed by atoms with Gasteiger partial charge in [-0.25, -0.2) is 4.98 Å². The number of aliphatic hydroxyl groups is 1. The third-order valence-corrected chi connectivity index (χ3v) is 5.75. The number of benzene rings is 1. The lowest BCUT2D eigenvalue weighted by molar-refractivity contribution is 0.0940. The van der Waals surface area contributed by atoms with Crippen LogP contribution >= 0.6 is 0 Å². The van der Waals surface area contributed by atoms with Crippen LogP contribution in [0.1, 0.15) is 41.0 Å². The molecule has 0 spiro atoms. The second-order valence-electron chi connectivity index (χ2n) is 7.79. The van der Waals surface area contributed by atoms with Crippen molar-refractivity contribution in [2.45, 2.75) is 19.4 Å². The van der Waals surface area contributed by atoms with Gasteiger partial charge in [-0.1, -0.05) is 12.1 Å². The Balaban J connectivity index is 1.61. The summed E-state index contributed by atoms with van der Waals surface area (Å²) in [7, 11) is 0. The van der Waals surface area contributed by atoms with Gasteiger partial charge in [0.05, 0.1) is 18.2 Å². The Kier molecular flexibility index (Phi) is 6.81. The van der Waals surface area contributed by atoms with Gasteiger partial charge in [0.2, 0.25) is 0 Å². The fourth-order valence-electron chi connectivity index (χ4n) is 4.02. The predicted octanol–water partition coefficient (Wildman–Crippen LogP) is 3.12. The Morgan fingerprint density at radius 2 is 2.03 bits per heavy atom. The van der Waals surface area contributed by atoms with Crippen LogP contribution in [-0.2, 0) is 0 Å². The van der Waals surface area contributed by atoms with Gasteiger partial charge in [-0.15, -0.1) is 0 Å². The van der Waals surface area contributed by atoms with Gasteiger partial charge in [0.1, 0.15) is 17.6 Å². The van der Waals surface area contributed by atoms with Crippen LogP contribution < -0.4 is 15.5 Å². The number of aromatic nitrogens is 2. The first-order chi connectivity index (χ1) is 16.1. The molecular formula is C25H26N6O2. The predicted molar refractivity (Wildman–Crippen MR) is 127 cm³/mol. The Labute approximate surface area is 192 Å². The van der Waals surface area contributed by atoms with Crippen molar-refractivity contribution < 1.29 is 9.90 Å². The molecule has 3 aromatic rings. The zero-order valence-corrected chi connectivity index (χ0v) is 18.5. The first-order valence-corrected chi connectivity index (χ1v) is 11.0. The number of hydrogen-bond acceptors (Lipinski definition) is 7. The number of nitriles is 1. The highest BCUT2D eigenvalue weighted by Gasteiger charge is 2.25. The summed E-state index contributed by atoms with van der Waals surface area (Å²) < 4.78 is 0. The minimum atomic E-state index is -0.307. The average molecular weight is 443 g/mol. The summed E-state index contributed by atoms with van der Waals surface area (Å²) in [4.78, 5) is 23.1. The molecule has 0 fully saturated rings. The van der Waals surface area contributed by atoms with Crippen LogP contribution in [-0.4, -0.2) is 47.2 Å². The van der Waals surface area contributed by atoms with E-state index in [2.05, 4.69) is 56.7 Å². The number of carbonyl (C=O) groups excluding carboxylic acids is 1. The number of aliphatic hydroxyl groups excluding tert-OH is 1. The van der Waals surface area contributed by atoms with E-state index in [-0.39, 0.29) is 25.1 Å². The minimum absolute atomic E-state index is 0.0830. The second-order valence-corrected chi connectivity index (χ2v) is 7.79. The second kappa shape index (κ2) is 10.1. The lowest BCUT2D eigenvalue weighted by atomic mass is 9.92. The summed E-state index contributed by atoms with van der Waals surface area (Å²) in [5.74, 6) is 0.430. The third kappa shape index (κ3) is 4.94. The molecule has 1 aliphatic rings. The van der Waals surface area contributed by atoms with E-state index in [0.717, 1.165) is 36.5 Å². The van der Waals surface area contributed by atoms with Gasteiger partial charge in [0.15, 0.2) is 0 Å². The van der Waals surface area contributed by atoms with Crippen molar-refractivity contribution in [2.24, 2.45) is 0 Å². The summed E-state index contributed by atoms with van der Waals surface area (Å²) in [5, 5.41) is 24.0. The van der Waals surface area contributed by atoms with Gasteiger partial charge in [-0.3, -0.25) is 9.78 Å². The van der Waals surface area contributed by atoms with Gasteiger partial charge >= 0.3 is 0 Å². The molecule has 0 aliphatic carbocycles. The van der Waals surface area contributed by atoms with Crippen LogP contribution in [0.25, 0.3) is 11.1 Å². The van der Waals surface area contributed by atoms with E-state index in [4.69, 9.17) is 10.4 Å². The van der Waals surface area contributed by atoms with Crippen molar-refractivity contribution >= 4 is 17.4 Å². The maximum atomic E-state index is 12.0. The lowest BCUT2D eigenvalue weighted by Gasteiger charge is -2.36. The van der Waals surface area contributed by atoms with Crippen LogP contribution in [0.4, 0.5) is 11.5 Å². The van der Waals surface area contributed by atoms with E-state index in [1.54, 1.807) is 24.5 Å². The summed E-state index contributed by atoms with van der Waals surface area (Å²) in [5.41, 5.74) is 5.14. The zero-order valence-electron chi connectivity index (χ0n) is 18.5. The molecule has 1 amide bonds. The smallest absolute Gasteiger partial charge is 0.269 e. The van der Waals surface area contributed by atoms with E-state index in [1.165, 1.54) is 11.3 Å². The van der Waals surface area contributed by atoms with Crippen molar-refractivity contribution in [3.8, 4) is 17.2 Å². The molecule has 8 nitrogen and oxygen atoms in total. The fraction of sp³-hybridized carbons (Fsp3) is 0.280. The van der Waals surface area contributed by atoms with Crippen molar-refractivity contribution in [1.29, 1.82) is 5.26 Å². The number of hydrogen-bond donors (Lipinski definition) is 3. The minimum Gasteiger partial charge on any atom is -0.395 e. The van der Waals surface area contributed by atoms with E-state index in [0.29, 0.717) is 11.3 Å². The van der Waals surface area contributed by atoms with Gasteiger partial charge in [0.25, 0.3) is 5.91 Å². The van der Waals surface area contributed by atoms with Gasteiger partial charge in [-0.05, 0) is 54.8 Å². The molecule has 168 valence electrons. The quantitative estimate of drug-likeness (QED) is 0.515. The van der Waals surface area contributed by atoms with E-state index in [1.807, 2.05) is 12.1 Å². The summed E-state index contributed by atoms with van der Waals surface area (Å²) in [6.45, 7) is 4.10. The van der Waals surface area contributed by atoms with Gasteiger partial charge in [-0.2, -0.15) is 5.26 Å². The standard InChI is InChI=1S/C25H26N6O2/c1-2-31-11-9-21(30-24-8-3-17(14-26)15-29-24)20-13-18(5-7-23(20)31)19-4-6-22(28-16-19)25(33)27-10-12-32/h3-8,13,15-16,21,32H,2,9-12H2,1H3,(H,27,33)(H,29,30)/t21-/m1/s1. The molecule has 1 aliphatic heterocycles. The summed E-state index contributed by atoms with van der Waals surface area (Å²) in [6.07, 6.45) is 4.19. The molecule has 1 atom stereocenters. The van der Waals surface area contributed by atoms with E-state index < -0.39 is 0 Å². The molecule has 3 heterocycles. The Bertz CT molecular complexity index is 1160. The van der Waals surface area contributed by atoms with Crippen molar-refractivity contribution in [3.05, 3.63) is 71.7 Å². The number of nitrogens with zero attached hydrogens (tertiary/aromatic N) is 4. The molecule has 3 N–H and O–H groups in total. The summed E-state index contributed by atoms with van der Waals surface area (Å²) >= 11 is 0. The zero-order chi connectivity index (χ0) is 23.2. The Hall–Kier alpha value is -3.96. The third-order valence-electron chi connectivity index (χ3n) is 5.75. The molecule has 8 heteroatoms. The number of pyridine rings is 2. The summed E-state index contributed by atoms with van der Waals surface area (Å²) in [6, 6.07) is 15.7. The highest BCUT2D eigenvalue weighted by molar-refractivity contribution is 5.92. The SMILES string of the molecule is CCN1CC[C@@H](Nc2ccc(C#N)cn2)c2cc(-c3ccc(C(=O)NCCO)nc3)ccc21. The maximum Gasteiger partial charge on any atom is 0.269 e. The largest absolute Gasteiger partial charge is 0.395 e. The maximum absolute atomic E-state index is 12.0. The molecule has 0 unspecified atom stereocenters. The van der Waals surface area contributed by atoms with Crippen LogP contribution in [0.5, 0.6) is 0 Å². The first kappa shape index (κ1) is 22.2. The fourth-order valence-corrected chi connectivity index (χ4v) is 4.02. The van der Waals surface area contributed by atoms with Crippen molar-refractivity contribution in [3.63, 3.8) is 0 Å². The van der Waals surface area contributed by atoms with Gasteiger partial charge < -0.3 is 20.6 Å². The molecule has 0 radical (unpaired) electrons. The first-order valence-electron chi connectivity index (χ1n) is 11.0. The molecule has 4 rings (SSSR count). The molecule has 0 saturated heterocycles. The Morgan fingerprint density at radius 1 is 1.18 bits per heavy atom. The highest BCUT2D eigenvalue weighted by atomic mass is 16.3. The topological polar surface area (TPSA) is 114 Å². The average Bonchev–Trinajstić information content (AvgIpc) is 2.87. The monoisotopic (exact) mass is 442 g/mol. The number of rotatable bonds is 7. The van der Waals surface area contributed by atoms with Crippen LogP contribution in [0.15, 0.2) is 54.9 Å². The highest BCUT2D eigenvalue weighted by Crippen LogP contribution is 2.38. The number of carbonyl (C=O) groups is 1. The number of anilines is 2. The number of fused-ring (bicyclic) bond motifs is 1. The molecular weight excluding hydrogens is 416 g/mol. The van der Waals surface area contributed by atoms with Crippen molar-refractivity contribution in [2.75, 3.05) is 36.5 Å². The van der Waals surface area contributed by atoms with Crippen LogP contribution in [0.3, 0.4) is 0 Å². The van der Waals surface area contributed by atoms with E-state index in [9.17, 15) is 4.79 Å². The molecule has 33 heavy (non-hydrogen) atoms. The molecule has 2 aromatic heterocycles. The molecule has 0 bridgehead atoms. The Morgan fingerprint density at radius 3 is 2.70 bits per heavy atom.